The number of anilines is 4. The number of nitrogens with zero attached hydrogens (tertiary/aromatic N) is 8. The van der Waals surface area contributed by atoms with Gasteiger partial charge in [0.25, 0.3) is 15.9 Å². The quantitative estimate of drug-likeness (QED) is 0.0545. The standard InChI is InChI=1S/C56H62N12O7S2/c1-10-36-15-17-38(18-16-36)29-57-52(71)44-28-39(69)32-67(44)54(73)50(56(6,7)8)61-48(70)26-21-37-19-22-40(23-20-37)77(74,75)65-53(72)49-41(42-30-58-68(35(42)5)31-33(2)3)24-25-46(60-49)66(9)47-27-34(4)51(64-63-47)62-55-59-43-13-11-12-14-45(43)76-55/h1,11-20,22-25,27,30,33,39,44,50,69H,21,26,28-29,31-32H2,2-9H3,(H,57,71)(H,61,70)(H,65,72)(H,59,62,64)/t39-,44+,50-/m1/s1. The van der Waals surface area contributed by atoms with E-state index in [1.54, 1.807) is 87.4 Å². The van der Waals surface area contributed by atoms with Crippen molar-refractivity contribution in [3.8, 4) is 23.5 Å². The number of aromatic nitrogens is 6. The molecule has 0 bridgehead atoms. The Morgan fingerprint density at radius 1 is 0.922 bits per heavy atom. The average molecular weight is 1080 g/mol. The number of hydrogen-bond acceptors (Lipinski definition) is 15. The number of terminal acetylenes is 1. The third-order valence-corrected chi connectivity index (χ3v) is 15.5. The molecular formula is C56H62N12O7S2. The molecule has 400 valence electrons. The molecule has 4 aromatic heterocycles. The normalized spacial score (nSPS) is 15.0. The van der Waals surface area contributed by atoms with E-state index >= 15 is 0 Å². The molecule has 0 spiro atoms. The molecule has 0 unspecified atom stereocenters. The number of carbonyl (C=O) groups excluding carboxylic acids is 4. The summed E-state index contributed by atoms with van der Waals surface area (Å²) in [7, 11) is -2.76. The molecule has 1 aliphatic rings. The molecule has 3 aromatic carbocycles. The van der Waals surface area contributed by atoms with E-state index in [4.69, 9.17) is 11.4 Å². The van der Waals surface area contributed by atoms with E-state index in [9.17, 15) is 32.7 Å². The van der Waals surface area contributed by atoms with Crippen molar-refractivity contribution in [1.29, 1.82) is 0 Å². The number of hydrogen-bond donors (Lipinski definition) is 5. The lowest BCUT2D eigenvalue weighted by atomic mass is 9.85. The number of rotatable bonds is 18. The summed E-state index contributed by atoms with van der Waals surface area (Å²) in [5.74, 6) is 1.69. The number of likely N-dealkylation sites (tertiary alicyclic amines) is 1. The summed E-state index contributed by atoms with van der Waals surface area (Å²) in [5.41, 5.74) is 4.55. The van der Waals surface area contributed by atoms with Gasteiger partial charge in [-0.3, -0.25) is 23.9 Å². The Hall–Kier alpha value is -8.06. The van der Waals surface area contributed by atoms with Gasteiger partial charge in [-0.05, 0) is 103 Å². The number of pyridine rings is 1. The predicted molar refractivity (Wildman–Crippen MR) is 296 cm³/mol. The van der Waals surface area contributed by atoms with Crippen LogP contribution >= 0.6 is 11.3 Å². The monoisotopic (exact) mass is 1080 g/mol. The predicted octanol–water partition coefficient (Wildman–Crippen LogP) is 6.97. The van der Waals surface area contributed by atoms with Gasteiger partial charge in [-0.1, -0.05) is 88.3 Å². The minimum Gasteiger partial charge on any atom is -0.391 e. The zero-order chi connectivity index (χ0) is 55.3. The van der Waals surface area contributed by atoms with Crippen molar-refractivity contribution in [3.05, 3.63) is 131 Å². The minimum absolute atomic E-state index is 0.0409. The lowest BCUT2D eigenvalue weighted by Crippen LogP contribution is -2.57. The lowest BCUT2D eigenvalue weighted by Gasteiger charge is -2.35. The van der Waals surface area contributed by atoms with E-state index in [0.29, 0.717) is 45.6 Å². The largest absolute Gasteiger partial charge is 0.391 e. The van der Waals surface area contributed by atoms with Gasteiger partial charge in [0.15, 0.2) is 16.8 Å². The third kappa shape index (κ3) is 13.0. The molecule has 5 heterocycles. The Balaban J connectivity index is 0.939. The number of aliphatic hydroxyl groups excluding tert-OH is 1. The smallest absolute Gasteiger partial charge is 0.284 e. The number of thiazole rings is 1. The number of nitrogens with one attached hydrogen (secondary N) is 4. The van der Waals surface area contributed by atoms with E-state index in [1.807, 2.05) is 48.9 Å². The lowest BCUT2D eigenvalue weighted by molar-refractivity contribution is -0.144. The first-order valence-electron chi connectivity index (χ1n) is 25.1. The summed E-state index contributed by atoms with van der Waals surface area (Å²) in [4.78, 5) is 67.6. The molecule has 21 heteroatoms. The van der Waals surface area contributed by atoms with E-state index in [2.05, 4.69) is 60.7 Å². The number of aryl methyl sites for hydroxylation is 2. The summed E-state index contributed by atoms with van der Waals surface area (Å²) in [5, 5.41) is 33.7. The zero-order valence-corrected chi connectivity index (χ0v) is 45.8. The maximum absolute atomic E-state index is 14.3. The fourth-order valence-electron chi connectivity index (χ4n) is 8.87. The molecule has 8 rings (SSSR count). The molecule has 7 aromatic rings. The second-order valence-electron chi connectivity index (χ2n) is 20.6. The molecule has 0 saturated carbocycles. The fourth-order valence-corrected chi connectivity index (χ4v) is 10.7. The van der Waals surface area contributed by atoms with Crippen LogP contribution in [0.15, 0.2) is 102 Å². The summed E-state index contributed by atoms with van der Waals surface area (Å²) in [6.45, 7) is 14.0. The third-order valence-electron chi connectivity index (χ3n) is 13.2. The van der Waals surface area contributed by atoms with E-state index in [-0.39, 0.29) is 54.7 Å². The molecule has 1 aliphatic heterocycles. The van der Waals surface area contributed by atoms with E-state index in [0.717, 1.165) is 27.0 Å². The van der Waals surface area contributed by atoms with Crippen molar-refractivity contribution in [3.63, 3.8) is 0 Å². The second-order valence-corrected chi connectivity index (χ2v) is 23.3. The molecule has 77 heavy (non-hydrogen) atoms. The van der Waals surface area contributed by atoms with Gasteiger partial charge in [0.2, 0.25) is 17.7 Å². The highest BCUT2D eigenvalue weighted by atomic mass is 32.2. The topological polar surface area (TPSA) is 247 Å². The maximum Gasteiger partial charge on any atom is 0.284 e. The van der Waals surface area contributed by atoms with Gasteiger partial charge in [0.1, 0.15) is 23.6 Å². The minimum atomic E-state index is -4.47. The molecule has 0 radical (unpaired) electrons. The van der Waals surface area contributed by atoms with Gasteiger partial charge in [0, 0.05) is 61.9 Å². The number of benzene rings is 3. The maximum atomic E-state index is 14.3. The van der Waals surface area contributed by atoms with Crippen molar-refractivity contribution >= 4 is 77.8 Å². The van der Waals surface area contributed by atoms with Crippen molar-refractivity contribution in [1.82, 2.24) is 50.2 Å². The highest BCUT2D eigenvalue weighted by molar-refractivity contribution is 7.90. The van der Waals surface area contributed by atoms with Crippen LogP contribution in [0.3, 0.4) is 0 Å². The number of fused-ring (bicyclic) bond motifs is 1. The van der Waals surface area contributed by atoms with Gasteiger partial charge in [-0.25, -0.2) is 23.1 Å². The molecule has 0 aliphatic carbocycles. The van der Waals surface area contributed by atoms with Crippen LogP contribution in [0.1, 0.15) is 85.9 Å². The van der Waals surface area contributed by atoms with Crippen molar-refractivity contribution in [2.75, 3.05) is 23.8 Å². The SMILES string of the molecule is C#Cc1ccc(CNC(=O)[C@@H]2C[C@@H](O)CN2C(=O)[C@@H](NC(=O)CCc2ccc(S(=O)(=O)NC(=O)c3nc(N(C)c4cc(C)c(Nc5nc6ccccc6s5)nn4)ccc3-c3cnn(CC(C)C)c3C)cc2)C(C)(C)C)cc1. The highest BCUT2D eigenvalue weighted by Crippen LogP contribution is 2.33. The summed E-state index contributed by atoms with van der Waals surface area (Å²) in [6.07, 6.45) is 6.32. The Bertz CT molecular complexity index is 3460. The van der Waals surface area contributed by atoms with E-state index < -0.39 is 57.3 Å². The van der Waals surface area contributed by atoms with Crippen LogP contribution in [0.2, 0.25) is 0 Å². The fraction of sp³-hybridized carbons (Fsp3) is 0.339. The van der Waals surface area contributed by atoms with Gasteiger partial charge in [-0.15, -0.1) is 16.6 Å². The van der Waals surface area contributed by atoms with Crippen molar-refractivity contribution < 1.29 is 32.7 Å². The molecule has 1 saturated heterocycles. The summed E-state index contributed by atoms with van der Waals surface area (Å²) in [6, 6.07) is 24.0. The number of β-amino-alcohol motifs (C(OH)–C–C–N with tert-alkyl or cyclic N) is 1. The second kappa shape index (κ2) is 23.0. The van der Waals surface area contributed by atoms with Gasteiger partial charge in [0.05, 0.1) is 27.4 Å². The Morgan fingerprint density at radius 3 is 2.31 bits per heavy atom. The molecule has 3 atom stereocenters. The molecule has 19 nitrogen and oxygen atoms in total. The number of sulfonamides is 1. The van der Waals surface area contributed by atoms with Crippen LogP contribution < -0.4 is 25.6 Å². The highest BCUT2D eigenvalue weighted by Gasteiger charge is 2.44. The Kier molecular flexibility index (Phi) is 16.5. The summed E-state index contributed by atoms with van der Waals surface area (Å²) < 4.78 is 33.0. The van der Waals surface area contributed by atoms with E-state index in [1.165, 1.54) is 28.4 Å². The summed E-state index contributed by atoms with van der Waals surface area (Å²) >= 11 is 1.49. The molecule has 5 N–H and O–H groups in total. The molecular weight excluding hydrogens is 1020 g/mol. The first-order chi connectivity index (χ1) is 36.6. The van der Waals surface area contributed by atoms with Crippen LogP contribution in [0.5, 0.6) is 0 Å². The van der Waals surface area contributed by atoms with Crippen LogP contribution in [-0.4, -0.2) is 104 Å². The first kappa shape index (κ1) is 55.2. The molecule has 1 fully saturated rings. The van der Waals surface area contributed by atoms with Crippen LogP contribution in [-0.2, 0) is 43.9 Å². The first-order valence-corrected chi connectivity index (χ1v) is 27.4. The zero-order valence-electron chi connectivity index (χ0n) is 44.2. The van der Waals surface area contributed by atoms with Crippen molar-refractivity contribution in [2.24, 2.45) is 11.3 Å². The van der Waals surface area contributed by atoms with Gasteiger partial charge in [-0.2, -0.15) is 5.10 Å². The molecule has 4 amide bonds. The number of para-hydroxylation sites is 1. The number of carbonyl (C=O) groups is 4. The van der Waals surface area contributed by atoms with Crippen LogP contribution in [0.25, 0.3) is 21.3 Å². The Morgan fingerprint density at radius 2 is 1.64 bits per heavy atom. The number of aliphatic hydroxyl groups is 1. The number of amides is 4. The van der Waals surface area contributed by atoms with Gasteiger partial charge >= 0.3 is 0 Å². The van der Waals surface area contributed by atoms with Gasteiger partial charge < -0.3 is 30.9 Å². The Labute approximate surface area is 452 Å². The van der Waals surface area contributed by atoms with Crippen molar-refractivity contribution in [2.45, 2.75) is 104 Å². The average Bonchev–Trinajstić information content (AvgIpc) is 4.16. The van der Waals surface area contributed by atoms with Crippen LogP contribution in [0, 0.1) is 37.5 Å². The van der Waals surface area contributed by atoms with Crippen LogP contribution in [0.4, 0.5) is 22.6 Å².